The van der Waals surface area contributed by atoms with Crippen LogP contribution in [0.1, 0.15) is 10.4 Å². The highest BCUT2D eigenvalue weighted by Gasteiger charge is 2.40. The van der Waals surface area contributed by atoms with E-state index in [9.17, 15) is 18.0 Å². The summed E-state index contributed by atoms with van der Waals surface area (Å²) in [5.41, 5.74) is 0.114. The van der Waals surface area contributed by atoms with Gasteiger partial charge in [-0.1, -0.05) is 29.8 Å². The molecule has 0 fully saturated rings. The predicted octanol–water partition coefficient (Wildman–Crippen LogP) is 2.11. The fraction of sp³-hybridized carbons (Fsp3) is 0.176. The van der Waals surface area contributed by atoms with Gasteiger partial charge in [-0.3, -0.25) is 4.79 Å². The van der Waals surface area contributed by atoms with Crippen LogP contribution in [0.15, 0.2) is 53.4 Å². The molecule has 0 unspecified atom stereocenters. The number of rotatable bonds is 6. The zero-order valence-corrected chi connectivity index (χ0v) is 15.0. The molecule has 0 N–H and O–H groups in total. The standard InChI is InChI=1S/C17H14ClNO6S/c18-12-4-3-5-13(10-12)25-11-16(20)24-9-8-19-17(21)14-6-1-2-7-15(14)26(19,22)23/h1-7,10H,8-9,11H2. The van der Waals surface area contributed by atoms with Crippen molar-refractivity contribution in [3.63, 3.8) is 0 Å². The summed E-state index contributed by atoms with van der Waals surface area (Å²) >= 11 is 5.80. The van der Waals surface area contributed by atoms with Gasteiger partial charge in [0.25, 0.3) is 15.9 Å². The number of ether oxygens (including phenoxy) is 2. The van der Waals surface area contributed by atoms with Crippen molar-refractivity contribution in [3.05, 3.63) is 59.1 Å². The van der Waals surface area contributed by atoms with E-state index in [2.05, 4.69) is 0 Å². The molecule has 1 aliphatic heterocycles. The summed E-state index contributed by atoms with van der Waals surface area (Å²) in [6.07, 6.45) is 0. The van der Waals surface area contributed by atoms with E-state index < -0.39 is 21.9 Å². The normalized spacial score (nSPS) is 14.8. The molecule has 0 saturated heterocycles. The van der Waals surface area contributed by atoms with Gasteiger partial charge in [0.15, 0.2) is 6.61 Å². The van der Waals surface area contributed by atoms with Crippen molar-refractivity contribution in [1.82, 2.24) is 4.31 Å². The van der Waals surface area contributed by atoms with Crippen molar-refractivity contribution in [2.75, 3.05) is 19.8 Å². The molecule has 0 aliphatic carbocycles. The average molecular weight is 396 g/mol. The van der Waals surface area contributed by atoms with Gasteiger partial charge in [0, 0.05) is 5.02 Å². The predicted molar refractivity (Wildman–Crippen MR) is 92.6 cm³/mol. The molecule has 2 aromatic carbocycles. The van der Waals surface area contributed by atoms with Crippen LogP contribution < -0.4 is 4.74 Å². The van der Waals surface area contributed by atoms with E-state index in [0.717, 1.165) is 0 Å². The molecule has 7 nitrogen and oxygen atoms in total. The summed E-state index contributed by atoms with van der Waals surface area (Å²) in [5.74, 6) is -0.916. The number of fused-ring (bicyclic) bond motifs is 1. The van der Waals surface area contributed by atoms with E-state index in [-0.39, 0.29) is 30.2 Å². The maximum atomic E-state index is 12.3. The minimum absolute atomic E-state index is 0.0411. The van der Waals surface area contributed by atoms with E-state index in [1.807, 2.05) is 0 Å². The van der Waals surface area contributed by atoms with Gasteiger partial charge in [-0.05, 0) is 30.3 Å². The lowest BCUT2D eigenvalue weighted by Crippen LogP contribution is -2.34. The zero-order chi connectivity index (χ0) is 18.7. The molecular weight excluding hydrogens is 382 g/mol. The van der Waals surface area contributed by atoms with E-state index in [1.165, 1.54) is 12.1 Å². The highest BCUT2D eigenvalue weighted by molar-refractivity contribution is 7.90. The van der Waals surface area contributed by atoms with E-state index in [1.54, 1.807) is 36.4 Å². The molecule has 26 heavy (non-hydrogen) atoms. The highest BCUT2D eigenvalue weighted by Crippen LogP contribution is 2.29. The molecule has 3 rings (SSSR count). The van der Waals surface area contributed by atoms with Crippen LogP contribution in [0.3, 0.4) is 0 Å². The summed E-state index contributed by atoms with van der Waals surface area (Å²) in [4.78, 5) is 23.9. The maximum Gasteiger partial charge on any atom is 0.344 e. The Morgan fingerprint density at radius 1 is 1.12 bits per heavy atom. The largest absolute Gasteiger partial charge is 0.482 e. The Morgan fingerprint density at radius 3 is 2.62 bits per heavy atom. The molecule has 0 saturated carbocycles. The minimum Gasteiger partial charge on any atom is -0.482 e. The third-order valence-electron chi connectivity index (χ3n) is 3.62. The second kappa shape index (κ2) is 7.35. The number of carbonyl (C=O) groups is 2. The van der Waals surface area contributed by atoms with Crippen LogP contribution >= 0.6 is 11.6 Å². The highest BCUT2D eigenvalue weighted by atomic mass is 35.5. The molecule has 2 aromatic rings. The van der Waals surface area contributed by atoms with Gasteiger partial charge in [0.05, 0.1) is 12.1 Å². The van der Waals surface area contributed by atoms with Gasteiger partial charge >= 0.3 is 5.97 Å². The topological polar surface area (TPSA) is 90.0 Å². The van der Waals surface area contributed by atoms with Gasteiger partial charge in [-0.25, -0.2) is 17.5 Å². The first-order valence-corrected chi connectivity index (χ1v) is 9.41. The molecule has 0 bridgehead atoms. The van der Waals surface area contributed by atoms with E-state index >= 15 is 0 Å². The van der Waals surface area contributed by atoms with Crippen LogP contribution in [0, 0.1) is 0 Å². The van der Waals surface area contributed by atoms with Gasteiger partial charge in [0.1, 0.15) is 17.3 Å². The molecule has 1 amide bonds. The number of nitrogens with zero attached hydrogens (tertiary/aromatic N) is 1. The monoisotopic (exact) mass is 395 g/mol. The first-order chi connectivity index (χ1) is 12.4. The number of halogens is 1. The molecule has 0 radical (unpaired) electrons. The summed E-state index contributed by atoms with van der Waals surface area (Å²) in [5, 5.41) is 0.466. The number of sulfonamides is 1. The molecule has 136 valence electrons. The van der Waals surface area contributed by atoms with Gasteiger partial charge < -0.3 is 9.47 Å². The maximum absolute atomic E-state index is 12.3. The Hall–Kier alpha value is -2.58. The van der Waals surface area contributed by atoms with Gasteiger partial charge in [-0.2, -0.15) is 0 Å². The van der Waals surface area contributed by atoms with Crippen LogP contribution in [0.2, 0.25) is 5.02 Å². The number of amides is 1. The summed E-state index contributed by atoms with van der Waals surface area (Å²) in [6.45, 7) is -0.892. The van der Waals surface area contributed by atoms with Crippen LogP contribution in [-0.4, -0.2) is 44.4 Å². The van der Waals surface area contributed by atoms with Gasteiger partial charge in [-0.15, -0.1) is 0 Å². The lowest BCUT2D eigenvalue weighted by atomic mass is 10.2. The van der Waals surface area contributed by atoms with Crippen molar-refractivity contribution >= 4 is 33.5 Å². The fourth-order valence-electron chi connectivity index (χ4n) is 2.44. The van der Waals surface area contributed by atoms with Crippen LogP contribution in [-0.2, 0) is 19.6 Å². The average Bonchev–Trinajstić information content (AvgIpc) is 2.81. The van der Waals surface area contributed by atoms with Crippen molar-refractivity contribution in [3.8, 4) is 5.75 Å². The minimum atomic E-state index is -3.91. The molecule has 0 atom stereocenters. The Morgan fingerprint density at radius 2 is 1.88 bits per heavy atom. The number of benzene rings is 2. The lowest BCUT2D eigenvalue weighted by molar-refractivity contribution is -0.146. The Labute approximate surface area is 155 Å². The quantitative estimate of drug-likeness (QED) is 0.696. The second-order valence-corrected chi connectivity index (χ2v) is 7.61. The SMILES string of the molecule is O=C(COc1cccc(Cl)c1)OCCN1C(=O)c2ccccc2S1(=O)=O. The Balaban J connectivity index is 1.52. The molecular formula is C17H14ClNO6S. The van der Waals surface area contributed by atoms with E-state index in [4.69, 9.17) is 21.1 Å². The lowest BCUT2D eigenvalue weighted by Gasteiger charge is -2.15. The van der Waals surface area contributed by atoms with Crippen molar-refractivity contribution in [2.45, 2.75) is 4.90 Å². The van der Waals surface area contributed by atoms with Crippen LogP contribution in [0.25, 0.3) is 0 Å². The number of esters is 1. The molecule has 0 spiro atoms. The summed E-state index contributed by atoms with van der Waals surface area (Å²) in [7, 11) is -3.91. The molecule has 9 heteroatoms. The number of carbonyl (C=O) groups excluding carboxylic acids is 2. The smallest absolute Gasteiger partial charge is 0.344 e. The third-order valence-corrected chi connectivity index (χ3v) is 5.70. The second-order valence-electron chi connectivity index (χ2n) is 5.35. The van der Waals surface area contributed by atoms with Crippen molar-refractivity contribution < 1.29 is 27.5 Å². The van der Waals surface area contributed by atoms with Gasteiger partial charge in [0.2, 0.25) is 0 Å². The molecule has 1 heterocycles. The van der Waals surface area contributed by atoms with Crippen molar-refractivity contribution in [2.24, 2.45) is 0 Å². The Bertz CT molecular complexity index is 959. The fourth-order valence-corrected chi connectivity index (χ4v) is 4.17. The molecule has 1 aliphatic rings. The number of hydrogen-bond acceptors (Lipinski definition) is 6. The summed E-state index contributed by atoms with van der Waals surface area (Å²) < 4.78 is 35.5. The summed E-state index contributed by atoms with van der Waals surface area (Å²) in [6, 6.07) is 12.5. The zero-order valence-electron chi connectivity index (χ0n) is 13.4. The first kappa shape index (κ1) is 18.2. The first-order valence-electron chi connectivity index (χ1n) is 7.59. The third kappa shape index (κ3) is 3.66. The number of hydrogen-bond donors (Lipinski definition) is 0. The Kier molecular flexibility index (Phi) is 5.15. The van der Waals surface area contributed by atoms with Crippen LogP contribution in [0.4, 0.5) is 0 Å². The van der Waals surface area contributed by atoms with E-state index in [0.29, 0.717) is 15.1 Å². The molecule has 0 aromatic heterocycles. The van der Waals surface area contributed by atoms with Crippen molar-refractivity contribution in [1.29, 1.82) is 0 Å². The van der Waals surface area contributed by atoms with Crippen LogP contribution in [0.5, 0.6) is 5.75 Å².